The third kappa shape index (κ3) is 3.56. The summed E-state index contributed by atoms with van der Waals surface area (Å²) in [6.07, 6.45) is 1.58. The second kappa shape index (κ2) is 6.92. The number of likely N-dealkylation sites (N-methyl/N-ethyl adjacent to an activating group) is 1. The van der Waals surface area contributed by atoms with Gasteiger partial charge in [0.2, 0.25) is 0 Å². The van der Waals surface area contributed by atoms with E-state index in [0.717, 1.165) is 30.7 Å². The molecule has 3 rings (SSSR count). The van der Waals surface area contributed by atoms with Crippen LogP contribution < -0.4 is 4.74 Å². The van der Waals surface area contributed by atoms with E-state index in [1.807, 2.05) is 0 Å². The van der Waals surface area contributed by atoms with E-state index in [1.54, 1.807) is 37.3 Å². The summed E-state index contributed by atoms with van der Waals surface area (Å²) in [5.41, 5.74) is 0.981. The number of ether oxygens (including phenoxy) is 3. The van der Waals surface area contributed by atoms with E-state index in [2.05, 4.69) is 4.90 Å². The van der Waals surface area contributed by atoms with Gasteiger partial charge in [-0.3, -0.25) is 4.90 Å². The lowest BCUT2D eigenvalue weighted by atomic mass is 9.92. The quantitative estimate of drug-likeness (QED) is 0.774. The monoisotopic (exact) mass is 348 g/mol. The Morgan fingerprint density at radius 1 is 1.32 bits per heavy atom. The summed E-state index contributed by atoms with van der Waals surface area (Å²) < 4.78 is 15.9. The zero-order chi connectivity index (χ0) is 18.0. The van der Waals surface area contributed by atoms with Gasteiger partial charge in [0.1, 0.15) is 11.4 Å². The van der Waals surface area contributed by atoms with Crippen LogP contribution in [0.15, 0.2) is 18.2 Å². The molecule has 1 aromatic rings. The molecule has 7 nitrogen and oxygen atoms in total. The van der Waals surface area contributed by atoms with Crippen LogP contribution in [0.5, 0.6) is 5.75 Å². The first-order chi connectivity index (χ1) is 12.0. The largest absolute Gasteiger partial charge is 0.496 e. The van der Waals surface area contributed by atoms with Gasteiger partial charge in [-0.2, -0.15) is 0 Å². The number of piperidine rings is 1. The van der Waals surface area contributed by atoms with Crippen LogP contribution in [0.4, 0.5) is 4.79 Å². The molecule has 2 aliphatic heterocycles. The highest BCUT2D eigenvalue weighted by molar-refractivity contribution is 5.89. The van der Waals surface area contributed by atoms with Gasteiger partial charge < -0.3 is 19.1 Å². The average molecular weight is 348 g/mol. The fourth-order valence-electron chi connectivity index (χ4n) is 3.72. The third-order valence-electron chi connectivity index (χ3n) is 4.85. The molecule has 0 aromatic heterocycles. The molecule has 2 saturated heterocycles. The number of carbonyl (C=O) groups excluding carboxylic acids is 2. The van der Waals surface area contributed by atoms with Gasteiger partial charge >= 0.3 is 12.1 Å². The lowest BCUT2D eigenvalue weighted by Gasteiger charge is -2.38. The molecule has 0 aliphatic carbocycles. The second-order valence-electron chi connectivity index (χ2n) is 6.74. The van der Waals surface area contributed by atoms with Crippen LogP contribution in [-0.4, -0.2) is 68.4 Å². The molecule has 136 valence electrons. The highest BCUT2D eigenvalue weighted by Crippen LogP contribution is 2.33. The maximum Gasteiger partial charge on any atom is 0.410 e. The zero-order valence-corrected chi connectivity index (χ0v) is 14.9. The van der Waals surface area contributed by atoms with Crippen molar-refractivity contribution in [2.75, 3.05) is 40.9 Å². The molecule has 0 radical (unpaired) electrons. The average Bonchev–Trinajstić information content (AvgIpc) is 2.87. The van der Waals surface area contributed by atoms with Crippen LogP contribution in [0.3, 0.4) is 0 Å². The van der Waals surface area contributed by atoms with E-state index in [9.17, 15) is 9.59 Å². The second-order valence-corrected chi connectivity index (χ2v) is 6.74. The van der Waals surface area contributed by atoms with Gasteiger partial charge in [0.15, 0.2) is 0 Å². The first kappa shape index (κ1) is 17.5. The minimum atomic E-state index is -0.433. The minimum Gasteiger partial charge on any atom is -0.496 e. The Morgan fingerprint density at radius 3 is 2.76 bits per heavy atom. The predicted molar refractivity (Wildman–Crippen MR) is 90.7 cm³/mol. The molecule has 7 heteroatoms. The first-order valence-electron chi connectivity index (χ1n) is 8.38. The normalized spacial score (nSPS) is 23.6. The molecule has 0 saturated carbocycles. The molecule has 1 unspecified atom stereocenters. The highest BCUT2D eigenvalue weighted by Gasteiger charge is 2.46. The van der Waals surface area contributed by atoms with Crippen molar-refractivity contribution >= 4 is 12.1 Å². The van der Waals surface area contributed by atoms with Crippen molar-refractivity contribution in [1.82, 2.24) is 9.80 Å². The topological polar surface area (TPSA) is 68.3 Å². The van der Waals surface area contributed by atoms with Gasteiger partial charge in [-0.05, 0) is 37.6 Å². The Labute approximate surface area is 147 Å². The van der Waals surface area contributed by atoms with Crippen LogP contribution in [0, 0.1) is 0 Å². The molecule has 1 spiro atoms. The molecular formula is C18H24N2O5. The van der Waals surface area contributed by atoms with Crippen molar-refractivity contribution in [2.45, 2.75) is 25.0 Å². The summed E-state index contributed by atoms with van der Waals surface area (Å²) in [5, 5.41) is 0. The van der Waals surface area contributed by atoms with Crippen LogP contribution in [-0.2, 0) is 16.0 Å². The molecule has 1 atom stereocenters. The van der Waals surface area contributed by atoms with Crippen LogP contribution in [0.1, 0.15) is 28.8 Å². The zero-order valence-electron chi connectivity index (χ0n) is 14.9. The first-order valence-corrected chi connectivity index (χ1v) is 8.38. The highest BCUT2D eigenvalue weighted by atomic mass is 16.6. The summed E-state index contributed by atoms with van der Waals surface area (Å²) in [5.74, 6) is 0.359. The summed E-state index contributed by atoms with van der Waals surface area (Å²) in [7, 11) is 4.74. The number of nitrogens with zero attached hydrogens (tertiary/aromatic N) is 2. The molecule has 25 heavy (non-hydrogen) atoms. The summed E-state index contributed by atoms with van der Waals surface area (Å²) in [6, 6.07) is 5.28. The number of hydrogen-bond acceptors (Lipinski definition) is 6. The third-order valence-corrected chi connectivity index (χ3v) is 4.85. The standard InChI is InChI=1S/C18H24N2O5/c1-19-11-18(25-17(19)22)7-4-8-20(12-18)10-14-9-13(16(21)24-3)5-6-15(14)23-2/h5-6,9H,4,7-8,10-12H2,1-3H3. The molecule has 0 bridgehead atoms. The Bertz CT molecular complexity index is 677. The van der Waals surface area contributed by atoms with Crippen LogP contribution in [0.2, 0.25) is 0 Å². The van der Waals surface area contributed by atoms with E-state index in [4.69, 9.17) is 14.2 Å². The van der Waals surface area contributed by atoms with Crippen LogP contribution in [0.25, 0.3) is 0 Å². The van der Waals surface area contributed by atoms with Crippen molar-refractivity contribution in [3.05, 3.63) is 29.3 Å². The SMILES string of the molecule is COC(=O)c1ccc(OC)c(CN2CCCC3(C2)CN(C)C(=O)O3)c1. The van der Waals surface area contributed by atoms with Gasteiger partial charge in [-0.15, -0.1) is 0 Å². The fourth-order valence-corrected chi connectivity index (χ4v) is 3.72. The van der Waals surface area contributed by atoms with Crippen molar-refractivity contribution < 1.29 is 23.8 Å². The Hall–Kier alpha value is -2.28. The van der Waals surface area contributed by atoms with E-state index >= 15 is 0 Å². The molecular weight excluding hydrogens is 324 g/mol. The van der Waals surface area contributed by atoms with Gasteiger partial charge in [-0.25, -0.2) is 9.59 Å². The molecule has 2 heterocycles. The fraction of sp³-hybridized carbons (Fsp3) is 0.556. The smallest absolute Gasteiger partial charge is 0.410 e. The molecule has 0 N–H and O–H groups in total. The summed E-state index contributed by atoms with van der Waals surface area (Å²) in [6.45, 7) is 2.82. The number of rotatable bonds is 4. The van der Waals surface area contributed by atoms with Gasteiger partial charge in [-0.1, -0.05) is 0 Å². The van der Waals surface area contributed by atoms with E-state index < -0.39 is 5.60 Å². The van der Waals surface area contributed by atoms with Crippen molar-refractivity contribution in [2.24, 2.45) is 0 Å². The lowest BCUT2D eigenvalue weighted by molar-refractivity contribution is -0.0115. The maximum absolute atomic E-state index is 11.8. The van der Waals surface area contributed by atoms with Gasteiger partial charge in [0.05, 0.1) is 26.3 Å². The minimum absolute atomic E-state index is 0.257. The van der Waals surface area contributed by atoms with E-state index in [1.165, 1.54) is 7.11 Å². The van der Waals surface area contributed by atoms with Crippen molar-refractivity contribution in [3.8, 4) is 5.75 Å². The number of esters is 1. The van der Waals surface area contributed by atoms with Crippen LogP contribution >= 0.6 is 0 Å². The number of methoxy groups -OCH3 is 2. The Kier molecular flexibility index (Phi) is 4.85. The Balaban J connectivity index is 1.77. The maximum atomic E-state index is 11.8. The van der Waals surface area contributed by atoms with E-state index in [0.29, 0.717) is 25.2 Å². The molecule has 2 aliphatic rings. The summed E-state index contributed by atoms with van der Waals surface area (Å²) >= 11 is 0. The molecule has 2 fully saturated rings. The Morgan fingerprint density at radius 2 is 2.12 bits per heavy atom. The summed E-state index contributed by atoms with van der Waals surface area (Å²) in [4.78, 5) is 27.4. The van der Waals surface area contributed by atoms with Gasteiger partial charge in [0, 0.05) is 25.7 Å². The van der Waals surface area contributed by atoms with Crippen molar-refractivity contribution in [1.29, 1.82) is 0 Å². The predicted octanol–water partition coefficient (Wildman–Crippen LogP) is 1.90. The van der Waals surface area contributed by atoms with Gasteiger partial charge in [0.25, 0.3) is 0 Å². The van der Waals surface area contributed by atoms with Crippen molar-refractivity contribution in [3.63, 3.8) is 0 Å². The number of benzene rings is 1. The van der Waals surface area contributed by atoms with E-state index in [-0.39, 0.29) is 12.1 Å². The number of carbonyl (C=O) groups is 2. The molecule has 1 aromatic carbocycles. The number of hydrogen-bond donors (Lipinski definition) is 0. The lowest BCUT2D eigenvalue weighted by Crippen LogP contribution is -2.50. The number of likely N-dealkylation sites (tertiary alicyclic amines) is 1. The number of amides is 1. The molecule has 1 amide bonds.